The molecule has 2 aromatic rings. The van der Waals surface area contributed by atoms with E-state index in [0.29, 0.717) is 29.2 Å². The summed E-state index contributed by atoms with van der Waals surface area (Å²) in [6.07, 6.45) is 7.55. The molecule has 2 aromatic carbocycles. The number of hydrazone groups is 1. The van der Waals surface area contributed by atoms with E-state index in [1.54, 1.807) is 13.2 Å². The topological polar surface area (TPSA) is 87.3 Å². The molecule has 2 heterocycles. The van der Waals surface area contributed by atoms with Crippen molar-refractivity contribution in [3.05, 3.63) is 62.2 Å². The maximum absolute atomic E-state index is 12.9. The van der Waals surface area contributed by atoms with Gasteiger partial charge in [0.2, 0.25) is 5.17 Å². The van der Waals surface area contributed by atoms with Crippen LogP contribution in [-0.4, -0.2) is 34.1 Å². The first kappa shape index (κ1) is 25.0. The molecule has 0 radical (unpaired) electrons. The van der Waals surface area contributed by atoms with Crippen LogP contribution in [0, 0.1) is 21.8 Å². The van der Waals surface area contributed by atoms with Crippen molar-refractivity contribution in [3.63, 3.8) is 0 Å². The van der Waals surface area contributed by atoms with Crippen LogP contribution >= 0.6 is 34.4 Å². The van der Waals surface area contributed by atoms with E-state index in [-0.39, 0.29) is 11.4 Å². The normalized spacial score (nSPS) is 19.3. The summed E-state index contributed by atoms with van der Waals surface area (Å²) in [5.74, 6) is 1.23. The Morgan fingerprint density at radius 2 is 1.94 bits per heavy atom. The molecule has 0 spiro atoms. The minimum Gasteiger partial charge on any atom is -0.493 e. The summed E-state index contributed by atoms with van der Waals surface area (Å²) in [6.45, 7) is 2.47. The van der Waals surface area contributed by atoms with Gasteiger partial charge in [0.15, 0.2) is 17.3 Å². The highest BCUT2D eigenvalue weighted by Gasteiger charge is 2.38. The van der Waals surface area contributed by atoms with E-state index in [9.17, 15) is 4.79 Å². The lowest BCUT2D eigenvalue weighted by molar-refractivity contribution is -0.114. The number of benzene rings is 2. The molecule has 5 rings (SSSR count). The lowest BCUT2D eigenvalue weighted by atomic mass is 9.90. The molecule has 0 atom stereocenters. The predicted octanol–water partition coefficient (Wildman–Crippen LogP) is 6.39. The smallest absolute Gasteiger partial charge is 0.283 e. The standard InChI is InChI=1S/C27H27IN4O3S/c1-16-8-10-17(11-9-16)15-35-23-21(28)13-18(14-22(23)34-2)12-20-24(29)32-27(30-25(20)33)36-26(31-32)19-6-4-3-5-7-19/h8-14,19,29H,3-7,15H2,1-2H3/b20-12-,29-24?. The molecular weight excluding hydrogens is 587 g/mol. The van der Waals surface area contributed by atoms with E-state index >= 15 is 0 Å². The number of rotatable bonds is 6. The molecule has 1 saturated carbocycles. The third-order valence-electron chi connectivity index (χ3n) is 6.49. The van der Waals surface area contributed by atoms with Crippen molar-refractivity contribution >= 4 is 62.4 Å². The molecule has 2 aliphatic heterocycles. The second kappa shape index (κ2) is 10.8. The molecular formula is C27H27IN4O3S. The first-order valence-corrected chi connectivity index (χ1v) is 13.9. The number of fused-ring (bicyclic) bond motifs is 1. The van der Waals surface area contributed by atoms with Gasteiger partial charge < -0.3 is 9.47 Å². The van der Waals surface area contributed by atoms with Crippen LogP contribution in [-0.2, 0) is 11.4 Å². The molecule has 7 nitrogen and oxygen atoms in total. The van der Waals surface area contributed by atoms with Crippen LogP contribution in [0.2, 0.25) is 0 Å². The molecule has 186 valence electrons. The highest BCUT2D eigenvalue weighted by Crippen LogP contribution is 2.38. The minimum absolute atomic E-state index is 0.0528. The van der Waals surface area contributed by atoms with Crippen molar-refractivity contribution in [3.8, 4) is 11.5 Å². The third kappa shape index (κ3) is 5.22. The molecule has 9 heteroatoms. The summed E-state index contributed by atoms with van der Waals surface area (Å²) in [5, 5.41) is 16.3. The Bertz CT molecular complexity index is 1300. The van der Waals surface area contributed by atoms with E-state index in [1.165, 1.54) is 41.6 Å². The number of amides is 1. The summed E-state index contributed by atoms with van der Waals surface area (Å²) in [7, 11) is 1.59. The van der Waals surface area contributed by atoms with Crippen LogP contribution in [0.25, 0.3) is 6.08 Å². The first-order valence-electron chi connectivity index (χ1n) is 12.0. The highest BCUT2D eigenvalue weighted by molar-refractivity contribution is 14.1. The van der Waals surface area contributed by atoms with Crippen molar-refractivity contribution in [2.24, 2.45) is 16.0 Å². The molecule has 0 bridgehead atoms. The van der Waals surface area contributed by atoms with Crippen molar-refractivity contribution < 1.29 is 14.3 Å². The van der Waals surface area contributed by atoms with Crippen molar-refractivity contribution in [1.82, 2.24) is 5.01 Å². The van der Waals surface area contributed by atoms with Gasteiger partial charge in [0, 0.05) is 5.92 Å². The number of hydrogen-bond donors (Lipinski definition) is 1. The summed E-state index contributed by atoms with van der Waals surface area (Å²) >= 11 is 3.63. The molecule has 36 heavy (non-hydrogen) atoms. The average molecular weight is 615 g/mol. The third-order valence-corrected chi connectivity index (χ3v) is 8.36. The van der Waals surface area contributed by atoms with Gasteiger partial charge in [-0.25, -0.2) is 0 Å². The molecule has 0 aromatic heterocycles. The summed E-state index contributed by atoms with van der Waals surface area (Å²) in [6, 6.07) is 11.9. The largest absolute Gasteiger partial charge is 0.493 e. The summed E-state index contributed by atoms with van der Waals surface area (Å²) < 4.78 is 12.5. The Balaban J connectivity index is 1.38. The number of aliphatic imine (C=N–C) groups is 1. The summed E-state index contributed by atoms with van der Waals surface area (Å²) in [5.41, 5.74) is 3.20. The number of thioether (sulfide) groups is 1. The fourth-order valence-corrected chi connectivity index (χ4v) is 6.33. The van der Waals surface area contributed by atoms with Gasteiger partial charge in [-0.2, -0.15) is 15.1 Å². The zero-order valence-electron chi connectivity index (χ0n) is 20.2. The average Bonchev–Trinajstić information content (AvgIpc) is 3.31. The maximum Gasteiger partial charge on any atom is 0.283 e. The van der Waals surface area contributed by atoms with Gasteiger partial charge in [-0.1, -0.05) is 49.1 Å². The van der Waals surface area contributed by atoms with Gasteiger partial charge in [-0.05, 0) is 83.5 Å². The predicted molar refractivity (Wildman–Crippen MR) is 153 cm³/mol. The highest BCUT2D eigenvalue weighted by atomic mass is 127. The van der Waals surface area contributed by atoms with Crippen molar-refractivity contribution in [1.29, 1.82) is 5.41 Å². The molecule has 1 N–H and O–H groups in total. The van der Waals surface area contributed by atoms with Crippen LogP contribution in [0.4, 0.5) is 0 Å². The van der Waals surface area contributed by atoms with Crippen molar-refractivity contribution in [2.45, 2.75) is 45.6 Å². The molecule has 3 aliphatic rings. The number of ether oxygens (including phenoxy) is 2. The zero-order valence-corrected chi connectivity index (χ0v) is 23.2. The van der Waals surface area contributed by atoms with Crippen LogP contribution in [0.1, 0.15) is 48.8 Å². The lowest BCUT2D eigenvalue weighted by Gasteiger charge is -2.20. The van der Waals surface area contributed by atoms with Gasteiger partial charge in [-0.3, -0.25) is 10.2 Å². The van der Waals surface area contributed by atoms with Gasteiger partial charge in [0.25, 0.3) is 5.91 Å². The number of hydrogen-bond acceptors (Lipinski definition) is 6. The number of carbonyl (C=O) groups excluding carboxylic acids is 1. The van der Waals surface area contributed by atoms with Gasteiger partial charge in [0.1, 0.15) is 11.7 Å². The summed E-state index contributed by atoms with van der Waals surface area (Å²) in [4.78, 5) is 17.1. The molecule has 1 fully saturated rings. The SMILES string of the molecule is COc1cc(/C=C2/C(=N)N3N=C(C4CCCCC4)SC3=NC2=O)cc(I)c1OCc1ccc(C)cc1. The first-order chi connectivity index (χ1) is 17.4. The molecule has 1 amide bonds. The fourth-order valence-electron chi connectivity index (χ4n) is 4.49. The number of nitrogens with one attached hydrogen (secondary N) is 1. The van der Waals surface area contributed by atoms with E-state index in [0.717, 1.165) is 32.6 Å². The van der Waals surface area contributed by atoms with E-state index in [4.69, 9.17) is 14.9 Å². The van der Waals surface area contributed by atoms with Crippen LogP contribution < -0.4 is 9.47 Å². The Morgan fingerprint density at radius 3 is 2.67 bits per heavy atom. The van der Waals surface area contributed by atoms with Gasteiger partial charge in [0.05, 0.1) is 16.3 Å². The molecule has 1 aliphatic carbocycles. The maximum atomic E-state index is 12.9. The molecule has 0 unspecified atom stereocenters. The van der Waals surface area contributed by atoms with E-state index in [1.807, 2.05) is 24.3 Å². The number of aryl methyl sites for hydroxylation is 1. The van der Waals surface area contributed by atoms with Crippen LogP contribution in [0.15, 0.2) is 52.1 Å². The Labute approximate surface area is 228 Å². The number of carbonyl (C=O) groups is 1. The van der Waals surface area contributed by atoms with Crippen LogP contribution in [0.3, 0.4) is 0 Å². The van der Waals surface area contributed by atoms with E-state index < -0.39 is 5.91 Å². The lowest BCUT2D eigenvalue weighted by Crippen LogP contribution is -2.35. The van der Waals surface area contributed by atoms with E-state index in [2.05, 4.69) is 51.7 Å². The number of halogens is 1. The molecule has 0 saturated heterocycles. The number of amidine groups is 2. The Morgan fingerprint density at radius 1 is 1.19 bits per heavy atom. The Hall–Kier alpha value is -2.66. The second-order valence-electron chi connectivity index (χ2n) is 9.10. The quantitative estimate of drug-likeness (QED) is 0.301. The van der Waals surface area contributed by atoms with Crippen LogP contribution in [0.5, 0.6) is 11.5 Å². The number of nitrogens with zero attached hydrogens (tertiary/aromatic N) is 3. The minimum atomic E-state index is -0.424. The number of methoxy groups -OCH3 is 1. The van der Waals surface area contributed by atoms with Gasteiger partial charge >= 0.3 is 0 Å². The second-order valence-corrected chi connectivity index (χ2v) is 11.3. The van der Waals surface area contributed by atoms with Crippen molar-refractivity contribution in [2.75, 3.05) is 7.11 Å². The van der Waals surface area contributed by atoms with Gasteiger partial charge in [-0.15, -0.1) is 0 Å². The zero-order chi connectivity index (χ0) is 25.2. The monoisotopic (exact) mass is 614 g/mol. The fraction of sp³-hybridized carbons (Fsp3) is 0.333. The Kier molecular flexibility index (Phi) is 7.47.